The van der Waals surface area contributed by atoms with Crippen molar-refractivity contribution in [1.82, 2.24) is 24.1 Å². The predicted octanol–water partition coefficient (Wildman–Crippen LogP) is 3.66. The number of imidazole rings is 1. The van der Waals surface area contributed by atoms with E-state index in [1.165, 1.54) is 0 Å². The van der Waals surface area contributed by atoms with Crippen molar-refractivity contribution in [3.63, 3.8) is 0 Å². The zero-order chi connectivity index (χ0) is 18.1. The lowest BCUT2D eigenvalue weighted by Gasteiger charge is -2.13. The van der Waals surface area contributed by atoms with Crippen LogP contribution in [0.4, 0.5) is 0 Å². The van der Waals surface area contributed by atoms with Crippen LogP contribution in [-0.2, 0) is 17.0 Å². The van der Waals surface area contributed by atoms with Gasteiger partial charge in [-0.3, -0.25) is 4.57 Å². The van der Waals surface area contributed by atoms with Gasteiger partial charge < -0.3 is 13.6 Å². The van der Waals surface area contributed by atoms with E-state index in [-0.39, 0.29) is 6.10 Å². The molecule has 7 nitrogen and oxygen atoms in total. The molecule has 5 heterocycles. The molecule has 8 heteroatoms. The Hall–Kier alpha value is -2.58. The first-order valence-corrected chi connectivity index (χ1v) is 9.99. The number of pyridine rings is 1. The second kappa shape index (κ2) is 7.21. The van der Waals surface area contributed by atoms with E-state index in [0.717, 1.165) is 59.8 Å². The Morgan fingerprint density at radius 2 is 2.19 bits per heavy atom. The fourth-order valence-electron chi connectivity index (χ4n) is 3.34. The fraction of sp³-hybridized carbons (Fsp3) is 0.316. The Balaban J connectivity index is 1.40. The van der Waals surface area contributed by atoms with Crippen molar-refractivity contribution in [3.05, 3.63) is 54.7 Å². The van der Waals surface area contributed by atoms with E-state index in [0.29, 0.717) is 0 Å². The van der Waals surface area contributed by atoms with Crippen LogP contribution in [0.5, 0.6) is 0 Å². The van der Waals surface area contributed by atoms with E-state index in [4.69, 9.17) is 9.15 Å². The minimum absolute atomic E-state index is 0.198. The summed E-state index contributed by atoms with van der Waals surface area (Å²) in [6.45, 7) is 1.56. The Labute approximate surface area is 160 Å². The average Bonchev–Trinajstić information content (AvgIpc) is 3.47. The maximum Gasteiger partial charge on any atom is 0.200 e. The van der Waals surface area contributed by atoms with Crippen molar-refractivity contribution >= 4 is 17.4 Å². The van der Waals surface area contributed by atoms with Crippen molar-refractivity contribution in [2.75, 3.05) is 6.61 Å². The molecule has 1 fully saturated rings. The quantitative estimate of drug-likeness (QED) is 0.475. The highest BCUT2D eigenvalue weighted by atomic mass is 32.2. The smallest absolute Gasteiger partial charge is 0.200 e. The molecule has 0 spiro atoms. The van der Waals surface area contributed by atoms with Gasteiger partial charge in [0.05, 0.1) is 24.6 Å². The molecule has 1 aliphatic heterocycles. The topological polar surface area (TPSA) is 70.4 Å². The minimum atomic E-state index is 0.198. The maximum atomic E-state index is 5.82. The summed E-state index contributed by atoms with van der Waals surface area (Å²) in [6.07, 6.45) is 8.08. The molecule has 138 valence electrons. The van der Waals surface area contributed by atoms with Gasteiger partial charge >= 0.3 is 0 Å². The van der Waals surface area contributed by atoms with Crippen LogP contribution in [0.3, 0.4) is 0 Å². The molecular weight excluding hydrogens is 362 g/mol. The van der Waals surface area contributed by atoms with Crippen LogP contribution in [0, 0.1) is 0 Å². The summed E-state index contributed by atoms with van der Waals surface area (Å²) in [7, 11) is 0. The van der Waals surface area contributed by atoms with Crippen molar-refractivity contribution in [1.29, 1.82) is 0 Å². The molecule has 0 aromatic carbocycles. The Kier molecular flexibility index (Phi) is 4.43. The first kappa shape index (κ1) is 16.6. The van der Waals surface area contributed by atoms with Gasteiger partial charge in [0.2, 0.25) is 5.82 Å². The fourth-order valence-corrected chi connectivity index (χ4v) is 4.17. The van der Waals surface area contributed by atoms with Gasteiger partial charge in [0.25, 0.3) is 0 Å². The van der Waals surface area contributed by atoms with Gasteiger partial charge in [-0.1, -0.05) is 17.8 Å². The first-order valence-electron chi connectivity index (χ1n) is 9.01. The predicted molar refractivity (Wildman–Crippen MR) is 101 cm³/mol. The maximum absolute atomic E-state index is 5.82. The third-order valence-electron chi connectivity index (χ3n) is 4.63. The summed E-state index contributed by atoms with van der Waals surface area (Å²) < 4.78 is 15.5. The molecule has 1 unspecified atom stereocenters. The second-order valence-electron chi connectivity index (χ2n) is 6.52. The van der Waals surface area contributed by atoms with Gasteiger partial charge in [0.1, 0.15) is 5.65 Å². The van der Waals surface area contributed by atoms with E-state index in [9.17, 15) is 0 Å². The highest BCUT2D eigenvalue weighted by Crippen LogP contribution is 2.28. The number of furan rings is 1. The molecule has 1 aliphatic rings. The number of thioether (sulfide) groups is 1. The van der Waals surface area contributed by atoms with E-state index in [2.05, 4.69) is 25.9 Å². The number of hydrogen-bond donors (Lipinski definition) is 0. The highest BCUT2D eigenvalue weighted by molar-refractivity contribution is 7.98. The summed E-state index contributed by atoms with van der Waals surface area (Å²) in [5, 5.41) is 9.64. The molecule has 0 saturated carbocycles. The van der Waals surface area contributed by atoms with Crippen LogP contribution in [-0.4, -0.2) is 36.9 Å². The molecule has 0 N–H and O–H groups in total. The Morgan fingerprint density at radius 1 is 1.19 bits per heavy atom. The van der Waals surface area contributed by atoms with Crippen LogP contribution in [0.1, 0.15) is 18.5 Å². The molecule has 1 saturated heterocycles. The third-order valence-corrected chi connectivity index (χ3v) is 5.63. The van der Waals surface area contributed by atoms with E-state index < -0.39 is 0 Å². The van der Waals surface area contributed by atoms with Gasteiger partial charge in [0.15, 0.2) is 10.9 Å². The Morgan fingerprint density at radius 3 is 3.00 bits per heavy atom. The molecule has 0 aliphatic carbocycles. The lowest BCUT2D eigenvalue weighted by molar-refractivity contribution is 0.0952. The summed E-state index contributed by atoms with van der Waals surface area (Å²) in [5.41, 5.74) is 1.96. The molecule has 0 bridgehead atoms. The van der Waals surface area contributed by atoms with Gasteiger partial charge in [0, 0.05) is 24.8 Å². The van der Waals surface area contributed by atoms with Crippen molar-refractivity contribution in [2.45, 2.75) is 36.4 Å². The van der Waals surface area contributed by atoms with Gasteiger partial charge in [-0.25, -0.2) is 4.98 Å². The van der Waals surface area contributed by atoms with Crippen LogP contribution in [0.2, 0.25) is 0 Å². The molecular formula is C19H19N5O2S. The third kappa shape index (κ3) is 3.38. The van der Waals surface area contributed by atoms with E-state index in [1.54, 1.807) is 18.0 Å². The Bertz CT molecular complexity index is 1000. The molecule has 5 rings (SSSR count). The largest absolute Gasteiger partial charge is 0.461 e. The number of rotatable bonds is 6. The number of ether oxygens (including phenoxy) is 1. The van der Waals surface area contributed by atoms with Crippen molar-refractivity contribution < 1.29 is 9.15 Å². The summed E-state index contributed by atoms with van der Waals surface area (Å²) in [5.74, 6) is 2.19. The zero-order valence-corrected chi connectivity index (χ0v) is 15.5. The molecule has 4 aromatic heterocycles. The summed E-state index contributed by atoms with van der Waals surface area (Å²) in [6, 6.07) is 9.77. The summed E-state index contributed by atoms with van der Waals surface area (Å²) >= 11 is 1.63. The highest BCUT2D eigenvalue weighted by Gasteiger charge is 2.23. The van der Waals surface area contributed by atoms with E-state index in [1.807, 2.05) is 40.9 Å². The van der Waals surface area contributed by atoms with Crippen LogP contribution < -0.4 is 0 Å². The van der Waals surface area contributed by atoms with Crippen LogP contribution in [0.15, 0.2) is 58.6 Å². The van der Waals surface area contributed by atoms with Gasteiger partial charge in [-0.15, -0.1) is 10.2 Å². The minimum Gasteiger partial charge on any atom is -0.461 e. The normalized spacial score (nSPS) is 17.1. The zero-order valence-electron chi connectivity index (χ0n) is 14.7. The summed E-state index contributed by atoms with van der Waals surface area (Å²) in [4.78, 5) is 4.66. The number of nitrogens with zero attached hydrogens (tertiary/aromatic N) is 5. The number of fused-ring (bicyclic) bond motifs is 1. The van der Waals surface area contributed by atoms with Crippen molar-refractivity contribution in [3.8, 4) is 11.6 Å². The van der Waals surface area contributed by atoms with Crippen LogP contribution >= 0.6 is 11.8 Å². The van der Waals surface area contributed by atoms with Crippen molar-refractivity contribution in [2.24, 2.45) is 0 Å². The monoisotopic (exact) mass is 381 g/mol. The van der Waals surface area contributed by atoms with Crippen LogP contribution in [0.25, 0.3) is 17.2 Å². The lowest BCUT2D eigenvalue weighted by atomic mass is 10.2. The lowest BCUT2D eigenvalue weighted by Crippen LogP contribution is -2.16. The molecule has 27 heavy (non-hydrogen) atoms. The average molecular weight is 381 g/mol. The van der Waals surface area contributed by atoms with Gasteiger partial charge in [-0.05, 0) is 37.1 Å². The number of aromatic nitrogens is 5. The number of hydrogen-bond acceptors (Lipinski definition) is 6. The van der Waals surface area contributed by atoms with Gasteiger partial charge in [-0.2, -0.15) is 0 Å². The molecule has 0 amide bonds. The second-order valence-corrected chi connectivity index (χ2v) is 7.46. The SMILES string of the molecule is c1coc(-c2nnc(SCc3cn4ccccc4n3)n2CC2CCCO2)c1. The standard InChI is InChI=1S/C19H19N5O2S/c1-2-8-23-11-14(20-17(23)7-1)13-27-19-22-21-18(16-6-4-10-26-16)24(19)12-15-5-3-9-25-15/h1-2,4,6-8,10-11,15H,3,5,9,12-13H2. The van der Waals surface area contributed by atoms with E-state index >= 15 is 0 Å². The molecule has 0 radical (unpaired) electrons. The molecule has 4 aromatic rings. The first-order chi connectivity index (χ1) is 13.4. The molecule has 1 atom stereocenters.